The van der Waals surface area contributed by atoms with Gasteiger partial charge < -0.3 is 15.0 Å². The van der Waals surface area contributed by atoms with E-state index in [1.165, 1.54) is 11.1 Å². The molecule has 38 heavy (non-hydrogen) atoms. The molecule has 0 bridgehead atoms. The Labute approximate surface area is 223 Å². The molecule has 0 radical (unpaired) electrons. The molecule has 2 aliphatic rings. The predicted molar refractivity (Wildman–Crippen MR) is 143 cm³/mol. The van der Waals surface area contributed by atoms with Crippen LogP contribution in [0, 0.1) is 0 Å². The van der Waals surface area contributed by atoms with E-state index < -0.39 is 5.60 Å². The highest BCUT2D eigenvalue weighted by atomic mass is 16.6. The molecule has 0 spiro atoms. The molecule has 0 saturated carbocycles. The molecule has 10 nitrogen and oxygen atoms in total. The number of amides is 1. The number of carbonyl (C=O) groups is 2. The monoisotopic (exact) mass is 517 g/mol. The number of benzene rings is 1. The lowest BCUT2D eigenvalue weighted by atomic mass is 10.1. The first-order valence-electron chi connectivity index (χ1n) is 13.0. The van der Waals surface area contributed by atoms with Crippen molar-refractivity contribution in [3.63, 3.8) is 0 Å². The number of ether oxygens (including phenoxy) is 1. The quantitative estimate of drug-likeness (QED) is 0.477. The van der Waals surface area contributed by atoms with Crippen molar-refractivity contribution < 1.29 is 14.3 Å². The number of anilines is 1. The molecule has 1 fully saturated rings. The van der Waals surface area contributed by atoms with Crippen LogP contribution in [0.15, 0.2) is 42.9 Å². The summed E-state index contributed by atoms with van der Waals surface area (Å²) in [5, 5.41) is 8.12. The first-order chi connectivity index (χ1) is 18.1. The zero-order chi connectivity index (χ0) is 26.9. The summed E-state index contributed by atoms with van der Waals surface area (Å²) >= 11 is 0. The van der Waals surface area contributed by atoms with Gasteiger partial charge >= 0.3 is 5.97 Å². The van der Waals surface area contributed by atoms with Gasteiger partial charge in [0, 0.05) is 48.8 Å². The molecule has 3 heterocycles. The van der Waals surface area contributed by atoms with Gasteiger partial charge in [0.25, 0.3) is 0 Å². The fourth-order valence-electron chi connectivity index (χ4n) is 4.97. The number of nitrogens with one attached hydrogen (secondary N) is 1. The Bertz CT molecular complexity index is 1290. The highest BCUT2D eigenvalue weighted by molar-refractivity contribution is 5.79. The van der Waals surface area contributed by atoms with E-state index in [9.17, 15) is 9.59 Å². The lowest BCUT2D eigenvalue weighted by Gasteiger charge is -2.31. The third-order valence-electron chi connectivity index (χ3n) is 6.75. The van der Waals surface area contributed by atoms with Gasteiger partial charge in [-0.1, -0.05) is 24.3 Å². The number of fused-ring (bicyclic) bond motifs is 1. The van der Waals surface area contributed by atoms with Crippen molar-refractivity contribution in [2.24, 2.45) is 0 Å². The van der Waals surface area contributed by atoms with Crippen LogP contribution < -0.4 is 5.32 Å². The van der Waals surface area contributed by atoms with Crippen LogP contribution in [0.2, 0.25) is 0 Å². The Morgan fingerprint density at radius 2 is 1.79 bits per heavy atom. The summed E-state index contributed by atoms with van der Waals surface area (Å²) < 4.78 is 7.05. The van der Waals surface area contributed by atoms with E-state index in [4.69, 9.17) is 4.74 Å². The molecular formula is C28H35N7O3. The highest BCUT2D eigenvalue weighted by Crippen LogP contribution is 2.26. The molecule has 200 valence electrons. The molecule has 2 aromatic heterocycles. The van der Waals surface area contributed by atoms with E-state index in [0.717, 1.165) is 30.5 Å². The Hall–Kier alpha value is -3.79. The van der Waals surface area contributed by atoms with Gasteiger partial charge in [0.05, 0.1) is 18.8 Å². The number of hydrogen-bond donors (Lipinski definition) is 1. The van der Waals surface area contributed by atoms with Crippen LogP contribution in [0.5, 0.6) is 0 Å². The van der Waals surface area contributed by atoms with Crippen molar-refractivity contribution >= 4 is 17.8 Å². The van der Waals surface area contributed by atoms with E-state index in [-0.39, 0.29) is 24.5 Å². The van der Waals surface area contributed by atoms with Gasteiger partial charge in [0.2, 0.25) is 11.9 Å². The van der Waals surface area contributed by atoms with Crippen LogP contribution in [0.25, 0.3) is 11.1 Å². The van der Waals surface area contributed by atoms with Crippen LogP contribution in [0.1, 0.15) is 37.6 Å². The summed E-state index contributed by atoms with van der Waals surface area (Å²) in [4.78, 5) is 38.1. The van der Waals surface area contributed by atoms with Gasteiger partial charge in [-0.25, -0.2) is 9.97 Å². The number of rotatable bonds is 7. The normalized spacial score (nSPS) is 16.5. The second-order valence-corrected chi connectivity index (χ2v) is 11.1. The molecule has 10 heteroatoms. The van der Waals surface area contributed by atoms with Crippen LogP contribution in [0.3, 0.4) is 0 Å². The number of likely N-dealkylation sites (N-methyl/N-ethyl adjacent to an activating group) is 1. The van der Waals surface area contributed by atoms with Crippen LogP contribution >= 0.6 is 0 Å². The summed E-state index contributed by atoms with van der Waals surface area (Å²) in [5.74, 6) is 0.255. The van der Waals surface area contributed by atoms with Crippen molar-refractivity contribution in [3.8, 4) is 11.1 Å². The van der Waals surface area contributed by atoms with Gasteiger partial charge in [0.1, 0.15) is 12.1 Å². The number of esters is 1. The van der Waals surface area contributed by atoms with E-state index in [1.54, 1.807) is 28.2 Å². The molecule has 1 aliphatic heterocycles. The first-order valence-corrected chi connectivity index (χ1v) is 13.0. The van der Waals surface area contributed by atoms with E-state index >= 15 is 0 Å². The maximum atomic E-state index is 12.6. The van der Waals surface area contributed by atoms with Gasteiger partial charge in [-0.3, -0.25) is 19.2 Å². The molecule has 0 atom stereocenters. The minimum atomic E-state index is -0.584. The first kappa shape index (κ1) is 25.8. The smallest absolute Gasteiger partial charge is 0.328 e. The molecule has 1 aromatic carbocycles. The lowest BCUT2D eigenvalue weighted by molar-refractivity contribution is -0.155. The maximum absolute atomic E-state index is 12.6. The molecule has 3 aromatic rings. The highest BCUT2D eigenvalue weighted by Gasteiger charge is 2.26. The van der Waals surface area contributed by atoms with Crippen molar-refractivity contribution in [1.29, 1.82) is 0 Å². The molecule has 1 aliphatic carbocycles. The number of hydrogen-bond acceptors (Lipinski definition) is 8. The Kier molecular flexibility index (Phi) is 7.16. The van der Waals surface area contributed by atoms with Gasteiger partial charge in [-0.05, 0) is 51.8 Å². The fraction of sp³-hybridized carbons (Fsp3) is 0.464. The van der Waals surface area contributed by atoms with Crippen molar-refractivity contribution in [2.75, 3.05) is 32.0 Å². The minimum absolute atomic E-state index is 0.0241. The third-order valence-corrected chi connectivity index (χ3v) is 6.75. The molecule has 0 unspecified atom stereocenters. The molecule has 1 N–H and O–H groups in total. The summed E-state index contributed by atoms with van der Waals surface area (Å²) in [6.07, 6.45) is 7.23. The van der Waals surface area contributed by atoms with E-state index in [2.05, 4.69) is 44.6 Å². The van der Waals surface area contributed by atoms with Crippen molar-refractivity contribution in [3.05, 3.63) is 59.7 Å². The summed E-state index contributed by atoms with van der Waals surface area (Å²) in [6, 6.07) is 8.74. The average molecular weight is 518 g/mol. The van der Waals surface area contributed by atoms with Crippen LogP contribution in [-0.4, -0.2) is 79.7 Å². The second-order valence-electron chi connectivity index (χ2n) is 11.1. The molecule has 5 rings (SSSR count). The maximum Gasteiger partial charge on any atom is 0.328 e. The minimum Gasteiger partial charge on any atom is -0.459 e. The molecule has 1 amide bonds. The van der Waals surface area contributed by atoms with Gasteiger partial charge in [-0.15, -0.1) is 0 Å². The topological polar surface area (TPSA) is 105 Å². The number of carbonyl (C=O) groups excluding carboxylic acids is 2. The Morgan fingerprint density at radius 1 is 1.11 bits per heavy atom. The van der Waals surface area contributed by atoms with E-state index in [1.807, 2.05) is 32.7 Å². The average Bonchev–Trinajstić information content (AvgIpc) is 3.43. The molecular weight excluding hydrogens is 482 g/mol. The predicted octanol–water partition coefficient (Wildman–Crippen LogP) is 2.54. The Balaban J connectivity index is 1.34. The lowest BCUT2D eigenvalue weighted by Crippen LogP contribution is -2.48. The largest absolute Gasteiger partial charge is 0.459 e. The van der Waals surface area contributed by atoms with Crippen molar-refractivity contribution in [2.45, 2.75) is 58.3 Å². The standard InChI is InChI=1S/C28H35N7O3/c1-28(2,3)38-26(37)18-35-15-23(24(32-35)16-34-10-9-33(4)17-25(34)36)21-13-29-27(30-14-21)31-22-11-19-7-5-6-8-20(19)12-22/h5-8,13-15,22H,9-12,16-18H2,1-4H3,(H,29,30,31). The third kappa shape index (κ3) is 6.19. The molecule has 1 saturated heterocycles. The van der Waals surface area contributed by atoms with Crippen LogP contribution in [-0.2, 0) is 40.3 Å². The fourth-order valence-corrected chi connectivity index (χ4v) is 4.97. The zero-order valence-electron chi connectivity index (χ0n) is 22.5. The second kappa shape index (κ2) is 10.5. The summed E-state index contributed by atoms with van der Waals surface area (Å²) in [6.45, 7) is 7.63. The zero-order valence-corrected chi connectivity index (χ0v) is 22.5. The van der Waals surface area contributed by atoms with E-state index in [0.29, 0.717) is 31.3 Å². The van der Waals surface area contributed by atoms with Crippen molar-refractivity contribution in [1.82, 2.24) is 29.5 Å². The Morgan fingerprint density at radius 3 is 2.42 bits per heavy atom. The number of piperazine rings is 1. The number of nitrogens with zero attached hydrogens (tertiary/aromatic N) is 6. The SMILES string of the molecule is CN1CCN(Cc2nn(CC(=O)OC(C)(C)C)cc2-c2cnc(NC3Cc4ccccc4C3)nc2)C(=O)C1. The number of aromatic nitrogens is 4. The van der Waals surface area contributed by atoms with Crippen LogP contribution in [0.4, 0.5) is 5.95 Å². The van der Waals surface area contributed by atoms with Gasteiger partial charge in [0.15, 0.2) is 0 Å². The summed E-state index contributed by atoms with van der Waals surface area (Å²) in [7, 11) is 1.94. The van der Waals surface area contributed by atoms with Gasteiger partial charge in [-0.2, -0.15) is 5.10 Å². The summed E-state index contributed by atoms with van der Waals surface area (Å²) in [5.41, 5.74) is 4.41.